The normalized spacial score (nSPS) is 12.5. The minimum absolute atomic E-state index is 0.0393. The summed E-state index contributed by atoms with van der Waals surface area (Å²) < 4.78 is 2.36. The fourth-order valence-electron chi connectivity index (χ4n) is 5.91. The Morgan fingerprint density at radius 2 is 1.19 bits per heavy atom. The predicted octanol–water partition coefficient (Wildman–Crippen LogP) is 9.96. The Hall–Kier alpha value is -6.06. The SMILES string of the molecule is CCCCC(CC)Cn1c2ccc(/C=C(\C#N)c3ccc([N+](=O)[O-])cc3)cc2c2cc(/C=C(\C#N)c3ccc([N+](=O)[O-])cc3)ccc21. The summed E-state index contributed by atoms with van der Waals surface area (Å²) in [5.41, 5.74) is 5.64. The van der Waals surface area contributed by atoms with Gasteiger partial charge in [-0.05, 0) is 95.3 Å². The number of nitriles is 2. The second kappa shape index (κ2) is 14.4. The van der Waals surface area contributed by atoms with Crippen molar-refractivity contribution in [1.82, 2.24) is 4.57 Å². The van der Waals surface area contributed by atoms with Gasteiger partial charge in [-0.3, -0.25) is 20.2 Å². The summed E-state index contributed by atoms with van der Waals surface area (Å²) in [5.74, 6) is 0.507. The molecule has 0 aliphatic heterocycles. The van der Waals surface area contributed by atoms with Gasteiger partial charge in [-0.2, -0.15) is 10.5 Å². The molecule has 5 rings (SSSR count). The van der Waals surface area contributed by atoms with Gasteiger partial charge in [0, 0.05) is 52.6 Å². The Bertz CT molecular complexity index is 1970. The first-order valence-electron chi connectivity index (χ1n) is 15.6. The Labute approximate surface area is 272 Å². The zero-order valence-electron chi connectivity index (χ0n) is 26.2. The standard InChI is InChI=1S/C38H33N5O4/c1-3-5-6-26(4-2)25-41-37-17-7-27(19-31(23-39)29-9-13-33(14-10-29)42(44)45)21-35(37)36-22-28(8-18-38(36)41)20-32(24-40)30-11-15-34(16-12-30)43(46)47/h7-22,26H,3-6,25H2,1-2H3/b31-19+,32-20+. The second-order valence-electron chi connectivity index (χ2n) is 11.5. The van der Waals surface area contributed by atoms with Crippen LogP contribution in [-0.2, 0) is 6.54 Å². The highest BCUT2D eigenvalue weighted by Gasteiger charge is 2.16. The van der Waals surface area contributed by atoms with E-state index >= 15 is 0 Å². The van der Waals surface area contributed by atoms with Gasteiger partial charge in [-0.25, -0.2) is 0 Å². The van der Waals surface area contributed by atoms with Crippen LogP contribution >= 0.6 is 0 Å². The molecule has 0 N–H and O–H groups in total. The van der Waals surface area contributed by atoms with Gasteiger partial charge in [0.2, 0.25) is 0 Å². The fourth-order valence-corrected chi connectivity index (χ4v) is 5.91. The molecule has 0 saturated carbocycles. The van der Waals surface area contributed by atoms with Crippen molar-refractivity contribution in [3.8, 4) is 12.1 Å². The minimum atomic E-state index is -0.469. The van der Waals surface area contributed by atoms with Crippen LogP contribution in [0.1, 0.15) is 61.8 Å². The number of nitro benzene ring substituents is 2. The Kier molecular flexibility index (Phi) is 9.88. The number of unbranched alkanes of at least 4 members (excludes halogenated alkanes) is 1. The van der Waals surface area contributed by atoms with Gasteiger partial charge in [0.05, 0.1) is 33.1 Å². The highest BCUT2D eigenvalue weighted by atomic mass is 16.6. The molecular weight excluding hydrogens is 590 g/mol. The van der Waals surface area contributed by atoms with Crippen LogP contribution in [0.3, 0.4) is 0 Å². The number of allylic oxidation sites excluding steroid dienone is 2. The largest absolute Gasteiger partial charge is 0.340 e. The number of aromatic nitrogens is 1. The summed E-state index contributed by atoms with van der Waals surface area (Å²) >= 11 is 0. The van der Waals surface area contributed by atoms with Gasteiger partial charge in [-0.15, -0.1) is 0 Å². The van der Waals surface area contributed by atoms with Gasteiger partial charge in [0.1, 0.15) is 0 Å². The van der Waals surface area contributed by atoms with Crippen molar-refractivity contribution < 1.29 is 9.85 Å². The molecule has 0 spiro atoms. The molecule has 0 radical (unpaired) electrons. The van der Waals surface area contributed by atoms with Crippen LogP contribution in [-0.4, -0.2) is 14.4 Å². The monoisotopic (exact) mass is 623 g/mol. The third-order valence-electron chi connectivity index (χ3n) is 8.54. The average molecular weight is 624 g/mol. The molecule has 0 aliphatic rings. The molecule has 1 unspecified atom stereocenters. The van der Waals surface area contributed by atoms with Gasteiger partial charge >= 0.3 is 0 Å². The summed E-state index contributed by atoms with van der Waals surface area (Å²) in [4.78, 5) is 21.3. The molecular formula is C38H33N5O4. The number of benzene rings is 4. The van der Waals surface area contributed by atoms with Gasteiger partial charge in [-0.1, -0.05) is 45.2 Å². The molecule has 5 aromatic rings. The fraction of sp³-hybridized carbons (Fsp3) is 0.211. The lowest BCUT2D eigenvalue weighted by atomic mass is 9.99. The summed E-state index contributed by atoms with van der Waals surface area (Å²) in [6.07, 6.45) is 8.07. The van der Waals surface area contributed by atoms with Crippen LogP contribution in [0, 0.1) is 48.8 Å². The molecule has 1 heterocycles. The first-order valence-corrected chi connectivity index (χ1v) is 15.6. The quantitative estimate of drug-likeness (QED) is 0.0586. The molecule has 0 fully saturated rings. The maximum atomic E-state index is 11.1. The first-order chi connectivity index (χ1) is 22.8. The van der Waals surface area contributed by atoms with E-state index in [0.717, 1.165) is 58.7 Å². The second-order valence-corrected chi connectivity index (χ2v) is 11.5. The molecule has 0 bridgehead atoms. The Morgan fingerprint density at radius 1 is 0.745 bits per heavy atom. The minimum Gasteiger partial charge on any atom is -0.340 e. The van der Waals surface area contributed by atoms with Crippen LogP contribution in [0.25, 0.3) is 45.1 Å². The van der Waals surface area contributed by atoms with E-state index in [9.17, 15) is 30.8 Å². The van der Waals surface area contributed by atoms with E-state index in [1.54, 1.807) is 36.4 Å². The van der Waals surface area contributed by atoms with E-state index in [1.807, 2.05) is 12.1 Å². The zero-order chi connectivity index (χ0) is 33.5. The first kappa shape index (κ1) is 32.3. The molecule has 9 heteroatoms. The van der Waals surface area contributed by atoms with E-state index in [0.29, 0.717) is 28.2 Å². The molecule has 234 valence electrons. The molecule has 0 saturated heterocycles. The lowest BCUT2D eigenvalue weighted by Crippen LogP contribution is -2.10. The summed E-state index contributed by atoms with van der Waals surface area (Å²) in [5, 5.41) is 44.1. The molecule has 47 heavy (non-hydrogen) atoms. The van der Waals surface area contributed by atoms with Crippen molar-refractivity contribution in [1.29, 1.82) is 10.5 Å². The summed E-state index contributed by atoms with van der Waals surface area (Å²) in [7, 11) is 0. The molecule has 1 atom stereocenters. The van der Waals surface area contributed by atoms with Crippen LogP contribution in [0.15, 0.2) is 84.9 Å². The Balaban J connectivity index is 1.63. The summed E-state index contributed by atoms with van der Waals surface area (Å²) in [6.45, 7) is 5.29. The molecule has 1 aromatic heterocycles. The van der Waals surface area contributed by atoms with E-state index in [1.165, 1.54) is 30.7 Å². The molecule has 9 nitrogen and oxygen atoms in total. The van der Waals surface area contributed by atoms with E-state index in [2.05, 4.69) is 54.8 Å². The number of hydrogen-bond acceptors (Lipinski definition) is 6. The van der Waals surface area contributed by atoms with Gasteiger partial charge < -0.3 is 4.57 Å². The van der Waals surface area contributed by atoms with Gasteiger partial charge in [0.25, 0.3) is 11.4 Å². The lowest BCUT2D eigenvalue weighted by Gasteiger charge is -2.17. The van der Waals surface area contributed by atoms with Crippen molar-refractivity contribution in [2.45, 2.75) is 46.1 Å². The smallest absolute Gasteiger partial charge is 0.269 e. The molecule has 4 aromatic carbocycles. The maximum absolute atomic E-state index is 11.1. The number of hydrogen-bond donors (Lipinski definition) is 0. The van der Waals surface area contributed by atoms with Crippen LogP contribution < -0.4 is 0 Å². The molecule has 0 aliphatic carbocycles. The van der Waals surface area contributed by atoms with E-state index in [4.69, 9.17) is 0 Å². The maximum Gasteiger partial charge on any atom is 0.269 e. The lowest BCUT2D eigenvalue weighted by molar-refractivity contribution is -0.385. The van der Waals surface area contributed by atoms with Gasteiger partial charge in [0.15, 0.2) is 0 Å². The highest BCUT2D eigenvalue weighted by molar-refractivity contribution is 6.10. The topological polar surface area (TPSA) is 139 Å². The van der Waals surface area contributed by atoms with Crippen molar-refractivity contribution in [3.05, 3.63) is 127 Å². The predicted molar refractivity (Wildman–Crippen MR) is 186 cm³/mol. The average Bonchev–Trinajstić information content (AvgIpc) is 3.39. The third-order valence-corrected chi connectivity index (χ3v) is 8.54. The number of fused-ring (bicyclic) bond motifs is 3. The van der Waals surface area contributed by atoms with Crippen LogP contribution in [0.2, 0.25) is 0 Å². The summed E-state index contributed by atoms with van der Waals surface area (Å²) in [6, 6.07) is 28.6. The zero-order valence-corrected chi connectivity index (χ0v) is 26.2. The number of nitrogens with zero attached hydrogens (tertiary/aromatic N) is 5. The Morgan fingerprint density at radius 3 is 1.55 bits per heavy atom. The van der Waals surface area contributed by atoms with Crippen LogP contribution in [0.5, 0.6) is 0 Å². The van der Waals surface area contributed by atoms with Crippen molar-refractivity contribution in [3.63, 3.8) is 0 Å². The van der Waals surface area contributed by atoms with E-state index in [-0.39, 0.29) is 11.4 Å². The number of rotatable bonds is 12. The van der Waals surface area contributed by atoms with Crippen molar-refractivity contribution in [2.75, 3.05) is 0 Å². The van der Waals surface area contributed by atoms with Crippen molar-refractivity contribution in [2.24, 2.45) is 5.92 Å². The van der Waals surface area contributed by atoms with Crippen molar-refractivity contribution >= 4 is 56.5 Å². The molecule has 0 amide bonds. The van der Waals surface area contributed by atoms with Crippen LogP contribution in [0.4, 0.5) is 11.4 Å². The highest BCUT2D eigenvalue weighted by Crippen LogP contribution is 2.34. The van der Waals surface area contributed by atoms with E-state index < -0.39 is 9.85 Å². The number of non-ortho nitro benzene ring substituents is 2. The third kappa shape index (κ3) is 7.11. The number of nitro groups is 2.